The van der Waals surface area contributed by atoms with Crippen LogP contribution in [-0.4, -0.2) is 40.6 Å². The van der Waals surface area contributed by atoms with Gasteiger partial charge in [0, 0.05) is 36.0 Å². The second kappa shape index (κ2) is 21.4. The van der Waals surface area contributed by atoms with Gasteiger partial charge in [0.15, 0.2) is 0 Å². The van der Waals surface area contributed by atoms with Gasteiger partial charge >= 0.3 is 5.97 Å². The Morgan fingerprint density at radius 1 is 0.739 bits per heavy atom. The molecule has 3 heteroatoms. The third kappa shape index (κ3) is 23.8. The van der Waals surface area contributed by atoms with Crippen molar-refractivity contribution in [1.29, 1.82) is 0 Å². The zero-order valence-electron chi connectivity index (χ0n) is 15.0. The number of hydrogen-bond acceptors (Lipinski definition) is 1. The van der Waals surface area contributed by atoms with Gasteiger partial charge in [-0.25, -0.2) is 0 Å². The van der Waals surface area contributed by atoms with Crippen molar-refractivity contribution in [3.8, 4) is 0 Å². The molecule has 0 aromatic heterocycles. The van der Waals surface area contributed by atoms with Gasteiger partial charge in [-0.1, -0.05) is 68.4 Å². The van der Waals surface area contributed by atoms with Crippen LogP contribution in [0, 0.1) is 0 Å². The molecule has 0 bridgehead atoms. The van der Waals surface area contributed by atoms with Crippen molar-refractivity contribution in [3.05, 3.63) is 48.6 Å². The van der Waals surface area contributed by atoms with Crippen molar-refractivity contribution in [1.82, 2.24) is 0 Å². The van der Waals surface area contributed by atoms with Gasteiger partial charge in [-0.3, -0.25) is 4.79 Å². The van der Waals surface area contributed by atoms with Crippen molar-refractivity contribution in [2.45, 2.75) is 71.1 Å². The summed E-state index contributed by atoms with van der Waals surface area (Å²) in [4.78, 5) is 10.3. The van der Waals surface area contributed by atoms with Crippen molar-refractivity contribution < 1.29 is 9.90 Å². The molecule has 0 saturated carbocycles. The maximum absolute atomic E-state index is 10.3. The molecule has 0 heterocycles. The number of rotatable bonds is 14. The van der Waals surface area contributed by atoms with Gasteiger partial charge in [0.05, 0.1) is 0 Å². The van der Waals surface area contributed by atoms with Gasteiger partial charge in [-0.05, 0) is 44.9 Å². The number of hydrogen-bond donors (Lipinski definition) is 1. The molecule has 0 amide bonds. The Balaban J connectivity index is 0. The fraction of sp³-hybridized carbons (Fsp3) is 0.550. The number of carboxylic acid groups (broad SMARTS) is 1. The van der Waals surface area contributed by atoms with Crippen LogP contribution in [-0.2, 0) is 4.79 Å². The second-order valence-corrected chi connectivity index (χ2v) is 5.37. The number of carboxylic acids is 1. The molecule has 0 aromatic rings. The molecule has 125 valence electrons. The van der Waals surface area contributed by atoms with E-state index in [4.69, 9.17) is 5.11 Å². The van der Waals surface area contributed by atoms with E-state index in [1.807, 2.05) is 0 Å². The number of carbonyl (C=O) groups is 1. The minimum atomic E-state index is -0.712. The van der Waals surface area contributed by atoms with Crippen molar-refractivity contribution >= 4 is 35.5 Å². The number of unbranched alkanes of at least 4 members (excludes halogenated alkanes) is 4. The zero-order valence-corrected chi connectivity index (χ0v) is 17.0. The van der Waals surface area contributed by atoms with E-state index < -0.39 is 5.97 Å². The molecule has 1 N–H and O–H groups in total. The standard InChI is InChI=1S/C20H32O2.Na/c1-2-3-4-5-6-7-8-9-10-11-12-13-14-15-16-17-18-19-20(21)22;/h6-7,9-10,12-13,15-16H,2-5,8,11,14,17-19H2,1H3,(H,21,22);/b7-6+,10-9+,13-12+,16-15+;. The number of aliphatic carboxylic acids is 1. The quantitative estimate of drug-likeness (QED) is 0.247. The predicted molar refractivity (Wildman–Crippen MR) is 102 cm³/mol. The Kier molecular flexibility index (Phi) is 23.0. The van der Waals surface area contributed by atoms with Crippen LogP contribution >= 0.6 is 0 Å². The van der Waals surface area contributed by atoms with Crippen LogP contribution in [0.25, 0.3) is 0 Å². The van der Waals surface area contributed by atoms with E-state index in [2.05, 4.69) is 55.5 Å². The molecule has 0 rings (SSSR count). The van der Waals surface area contributed by atoms with Gasteiger partial charge in [0.1, 0.15) is 0 Å². The Morgan fingerprint density at radius 2 is 1.17 bits per heavy atom. The van der Waals surface area contributed by atoms with Crippen molar-refractivity contribution in [2.75, 3.05) is 0 Å². The van der Waals surface area contributed by atoms with Crippen molar-refractivity contribution in [2.24, 2.45) is 0 Å². The average molecular weight is 327 g/mol. The molecule has 0 atom stereocenters. The van der Waals surface area contributed by atoms with E-state index in [-0.39, 0.29) is 36.0 Å². The molecule has 0 unspecified atom stereocenters. The van der Waals surface area contributed by atoms with E-state index >= 15 is 0 Å². The Labute approximate surface area is 164 Å². The summed E-state index contributed by atoms with van der Waals surface area (Å²) < 4.78 is 0. The van der Waals surface area contributed by atoms with Gasteiger partial charge < -0.3 is 5.11 Å². The smallest absolute Gasteiger partial charge is 0.303 e. The van der Waals surface area contributed by atoms with Crippen LogP contribution in [0.2, 0.25) is 0 Å². The largest absolute Gasteiger partial charge is 0.481 e. The molecule has 0 aliphatic rings. The zero-order chi connectivity index (χ0) is 16.3. The molecule has 0 saturated heterocycles. The second-order valence-electron chi connectivity index (χ2n) is 5.37. The maximum atomic E-state index is 10.3. The van der Waals surface area contributed by atoms with E-state index in [0.717, 1.165) is 32.1 Å². The van der Waals surface area contributed by atoms with E-state index in [0.29, 0.717) is 0 Å². The van der Waals surface area contributed by atoms with Gasteiger partial charge in [0.25, 0.3) is 0 Å². The van der Waals surface area contributed by atoms with Crippen LogP contribution in [0.3, 0.4) is 0 Å². The monoisotopic (exact) mass is 327 g/mol. The first-order chi connectivity index (χ1) is 10.8. The molecule has 0 aromatic carbocycles. The summed E-state index contributed by atoms with van der Waals surface area (Å²) in [5.74, 6) is -0.712. The Morgan fingerprint density at radius 3 is 1.61 bits per heavy atom. The average Bonchev–Trinajstić information content (AvgIpc) is 2.50. The van der Waals surface area contributed by atoms with Crippen LogP contribution in [0.4, 0.5) is 0 Å². The Bertz CT molecular complexity index is 368. The molecule has 0 fully saturated rings. The normalized spacial score (nSPS) is 11.9. The van der Waals surface area contributed by atoms with E-state index in [1.165, 1.54) is 25.7 Å². The van der Waals surface area contributed by atoms with Crippen LogP contribution in [0.15, 0.2) is 48.6 Å². The summed E-state index contributed by atoms with van der Waals surface area (Å²) in [5, 5.41) is 8.49. The van der Waals surface area contributed by atoms with Crippen LogP contribution < -0.4 is 0 Å². The Hall–Kier alpha value is -0.570. The molecule has 1 radical (unpaired) electrons. The number of allylic oxidation sites excluding steroid dienone is 8. The van der Waals surface area contributed by atoms with Crippen LogP contribution in [0.5, 0.6) is 0 Å². The summed E-state index contributed by atoms with van der Waals surface area (Å²) in [5.41, 5.74) is 0. The maximum Gasteiger partial charge on any atom is 0.303 e. The van der Waals surface area contributed by atoms with E-state index in [1.54, 1.807) is 0 Å². The molecule has 0 aliphatic carbocycles. The summed E-state index contributed by atoms with van der Waals surface area (Å²) >= 11 is 0. The fourth-order valence-corrected chi connectivity index (χ4v) is 1.93. The molecular formula is C20H32NaO2. The molecule has 0 aliphatic heterocycles. The van der Waals surface area contributed by atoms with Crippen LogP contribution in [0.1, 0.15) is 71.1 Å². The minimum Gasteiger partial charge on any atom is -0.481 e. The third-order valence-electron chi connectivity index (χ3n) is 3.22. The van der Waals surface area contributed by atoms with E-state index in [9.17, 15) is 4.79 Å². The summed E-state index contributed by atoms with van der Waals surface area (Å²) in [6.07, 6.45) is 27.3. The predicted octanol–water partition coefficient (Wildman–Crippen LogP) is 5.84. The van der Waals surface area contributed by atoms with Gasteiger partial charge in [-0.2, -0.15) is 0 Å². The topological polar surface area (TPSA) is 37.3 Å². The summed E-state index contributed by atoms with van der Waals surface area (Å²) in [6.45, 7) is 2.23. The fourth-order valence-electron chi connectivity index (χ4n) is 1.93. The summed E-state index contributed by atoms with van der Waals surface area (Å²) in [6, 6.07) is 0. The third-order valence-corrected chi connectivity index (χ3v) is 3.22. The van der Waals surface area contributed by atoms with Crippen molar-refractivity contribution in [3.63, 3.8) is 0 Å². The first-order valence-corrected chi connectivity index (χ1v) is 8.59. The minimum absolute atomic E-state index is 0. The molecule has 23 heavy (non-hydrogen) atoms. The summed E-state index contributed by atoms with van der Waals surface area (Å²) in [7, 11) is 0. The molecule has 0 spiro atoms. The molecule has 2 nitrogen and oxygen atoms in total. The first-order valence-electron chi connectivity index (χ1n) is 8.59. The first kappa shape index (κ1) is 24.7. The molecular weight excluding hydrogens is 295 g/mol. The SMILES string of the molecule is CCCCC/C=C/C/C=C/C/C=C/C/C=C/CCCC(=O)O.[Na]. The van der Waals surface area contributed by atoms with Gasteiger partial charge in [0.2, 0.25) is 0 Å². The van der Waals surface area contributed by atoms with Gasteiger partial charge in [-0.15, -0.1) is 0 Å².